The number of alkyl halides is 3. The Bertz CT molecular complexity index is 2150. The number of hydrogen-bond donors (Lipinski definition) is 2. The number of nitrogens with one attached hydrogen (secondary N) is 2. The number of hydrogen-bond acceptors (Lipinski definition) is 7. The van der Waals surface area contributed by atoms with Crippen molar-refractivity contribution in [3.8, 4) is 0 Å². The van der Waals surface area contributed by atoms with E-state index >= 15 is 0 Å². The molecular formula is C61H97F3N6O6. The van der Waals surface area contributed by atoms with Gasteiger partial charge >= 0.3 is 6.18 Å². The fourth-order valence-electron chi connectivity index (χ4n) is 10.3. The number of unbranched alkanes of at least 4 members (excludes halogenated alkanes) is 5. The lowest BCUT2D eigenvalue weighted by Crippen LogP contribution is -2.57. The zero-order valence-corrected chi connectivity index (χ0v) is 47.5. The maximum atomic E-state index is 14.3. The molecule has 15 heteroatoms. The average Bonchev–Trinajstić information content (AvgIpc) is 4.04. The van der Waals surface area contributed by atoms with E-state index in [9.17, 15) is 41.9 Å². The molecule has 2 aromatic rings. The molecule has 0 saturated carbocycles. The fourth-order valence-corrected chi connectivity index (χ4v) is 10.3. The Morgan fingerprint density at radius 2 is 1.12 bits per heavy atom. The molecule has 12 nitrogen and oxygen atoms in total. The average molecular weight is 1070 g/mol. The van der Waals surface area contributed by atoms with Crippen LogP contribution in [0, 0.1) is 29.6 Å². The molecule has 76 heavy (non-hydrogen) atoms. The van der Waals surface area contributed by atoms with Crippen molar-refractivity contribution in [2.45, 2.75) is 210 Å². The maximum absolute atomic E-state index is 14.3. The summed E-state index contributed by atoms with van der Waals surface area (Å²) in [5, 5.41) is 6.03. The maximum Gasteiger partial charge on any atom is 0.416 e. The summed E-state index contributed by atoms with van der Waals surface area (Å²) < 4.78 is 40.0. The van der Waals surface area contributed by atoms with Gasteiger partial charge in [0.2, 0.25) is 29.5 Å². The number of halogens is 3. The standard InChI is InChI=1S/C60H93F3N6O6.CH4/c1-12-43(3)55(73)65-54(59(8,9)10)57(75)69-36-20-22-49(69)41-67(38-34-46-29-31-47(32-30-46)60(61,62)63)53(72)24-18-16-14-13-15-17-23-52(71)66(37-33-45-27-25-42(2)26-28-45)40-48-21-19-35-68(48)56(74)50(58(5,6)7)39-51(70)44(4)64-11;/h25-32,43-44,48-50,54,64H,12-24,33-41H2,1-11H3,(H,65,73);1H4/t43-,44+,48+,49+,50-,54-;/m1./s1. The predicted molar refractivity (Wildman–Crippen MR) is 298 cm³/mol. The molecule has 4 rings (SSSR count). The van der Waals surface area contributed by atoms with Crippen LogP contribution in [0.4, 0.5) is 13.2 Å². The molecule has 428 valence electrons. The van der Waals surface area contributed by atoms with Crippen molar-refractivity contribution in [2.24, 2.45) is 22.7 Å². The van der Waals surface area contributed by atoms with Crippen molar-refractivity contribution in [1.29, 1.82) is 0 Å². The zero-order valence-electron chi connectivity index (χ0n) is 47.5. The molecule has 0 bridgehead atoms. The summed E-state index contributed by atoms with van der Waals surface area (Å²) in [4.78, 5) is 90.3. The van der Waals surface area contributed by atoms with Gasteiger partial charge in [0.1, 0.15) is 11.8 Å². The Hall–Kier alpha value is -4.79. The highest BCUT2D eigenvalue weighted by atomic mass is 19.4. The molecule has 2 saturated heterocycles. The van der Waals surface area contributed by atoms with Gasteiger partial charge in [0, 0.05) is 82.5 Å². The second-order valence-electron chi connectivity index (χ2n) is 23.9. The number of likely N-dealkylation sites (tertiary alicyclic amines) is 2. The third-order valence-corrected chi connectivity index (χ3v) is 15.8. The summed E-state index contributed by atoms with van der Waals surface area (Å²) in [6.07, 6.45) is 6.00. The topological polar surface area (TPSA) is 139 Å². The number of aryl methyl sites for hydroxylation is 1. The number of benzene rings is 2. The molecule has 0 aromatic heterocycles. The number of ketones is 1. The van der Waals surface area contributed by atoms with Crippen molar-refractivity contribution in [1.82, 2.24) is 30.2 Å². The van der Waals surface area contributed by atoms with E-state index in [-0.39, 0.29) is 79.8 Å². The van der Waals surface area contributed by atoms with Crippen LogP contribution in [0.3, 0.4) is 0 Å². The van der Waals surface area contributed by atoms with E-state index < -0.39 is 34.5 Å². The molecule has 0 radical (unpaired) electrons. The van der Waals surface area contributed by atoms with E-state index in [4.69, 9.17) is 0 Å². The Labute approximate surface area is 455 Å². The van der Waals surface area contributed by atoms with Crippen LogP contribution in [-0.4, -0.2) is 125 Å². The van der Waals surface area contributed by atoms with E-state index in [1.165, 1.54) is 17.7 Å². The third kappa shape index (κ3) is 20.2. The summed E-state index contributed by atoms with van der Waals surface area (Å²) in [7, 11) is 1.75. The normalized spacial score (nSPS) is 17.6. The molecule has 2 N–H and O–H groups in total. The van der Waals surface area contributed by atoms with Crippen LogP contribution in [0.2, 0.25) is 0 Å². The van der Waals surface area contributed by atoms with Gasteiger partial charge in [0.15, 0.2) is 0 Å². The SMILES string of the molecule is C.CC[C@@H](C)C(=O)N[C@H](C(=O)N1CCC[C@H]1CN(CCc1ccc(C(F)(F)F)cc1)C(=O)CCCCCCCCC(=O)N(CCc1ccc(C)cc1)C[C@@H]1CCCN1C(=O)[C@@H](CC(=O)[C@H](C)NC)C(C)(C)C)C(C)(C)C. The first-order chi connectivity index (χ1) is 35.2. The summed E-state index contributed by atoms with van der Waals surface area (Å²) >= 11 is 0. The minimum Gasteiger partial charge on any atom is -0.344 e. The van der Waals surface area contributed by atoms with Crippen LogP contribution in [0.1, 0.15) is 182 Å². The van der Waals surface area contributed by atoms with E-state index in [2.05, 4.69) is 41.8 Å². The largest absolute Gasteiger partial charge is 0.416 e. The molecule has 5 amide bonds. The molecule has 0 unspecified atom stereocenters. The van der Waals surface area contributed by atoms with E-state index in [0.29, 0.717) is 83.2 Å². The van der Waals surface area contributed by atoms with Gasteiger partial charge < -0.3 is 30.2 Å². The predicted octanol–water partition coefficient (Wildman–Crippen LogP) is 11.0. The highest BCUT2D eigenvalue weighted by Gasteiger charge is 2.43. The van der Waals surface area contributed by atoms with Crippen LogP contribution < -0.4 is 10.6 Å². The smallest absolute Gasteiger partial charge is 0.344 e. The van der Waals surface area contributed by atoms with Gasteiger partial charge in [-0.15, -0.1) is 0 Å². The lowest BCUT2D eigenvalue weighted by atomic mass is 9.76. The van der Waals surface area contributed by atoms with Crippen molar-refractivity contribution in [3.05, 3.63) is 70.8 Å². The van der Waals surface area contributed by atoms with E-state index in [1.807, 2.05) is 77.0 Å². The van der Waals surface area contributed by atoms with Crippen molar-refractivity contribution >= 4 is 35.3 Å². The van der Waals surface area contributed by atoms with Crippen molar-refractivity contribution < 1.29 is 41.9 Å². The fraction of sp³-hybridized carbons (Fsp3) is 0.705. The highest BCUT2D eigenvalue weighted by molar-refractivity contribution is 5.91. The summed E-state index contributed by atoms with van der Waals surface area (Å²) in [5.74, 6) is -1.06. The van der Waals surface area contributed by atoms with Crippen molar-refractivity contribution in [2.75, 3.05) is 46.3 Å². The Morgan fingerprint density at radius 3 is 1.54 bits per heavy atom. The minimum atomic E-state index is -4.45. The quantitative estimate of drug-likeness (QED) is 0.0809. The lowest BCUT2D eigenvalue weighted by molar-refractivity contribution is -0.144. The lowest BCUT2D eigenvalue weighted by Gasteiger charge is -2.37. The number of rotatable bonds is 28. The summed E-state index contributed by atoms with van der Waals surface area (Å²) in [6.45, 7) is 22.2. The number of likely N-dealkylation sites (N-methyl/N-ethyl adjacent to an activating group) is 1. The molecule has 2 aliphatic heterocycles. The molecule has 2 aliphatic rings. The molecule has 0 spiro atoms. The van der Waals surface area contributed by atoms with Gasteiger partial charge in [0.05, 0.1) is 11.6 Å². The highest BCUT2D eigenvalue weighted by Crippen LogP contribution is 2.35. The number of nitrogens with zero attached hydrogens (tertiary/aromatic N) is 4. The monoisotopic (exact) mass is 1070 g/mol. The van der Waals surface area contributed by atoms with E-state index in [1.54, 1.807) is 11.9 Å². The molecule has 2 heterocycles. The molecular weight excluding hydrogens is 970 g/mol. The second kappa shape index (κ2) is 30.4. The van der Waals surface area contributed by atoms with Crippen LogP contribution >= 0.6 is 0 Å². The summed E-state index contributed by atoms with van der Waals surface area (Å²) in [6, 6.07) is 11.9. The number of amides is 5. The Morgan fingerprint density at radius 1 is 0.671 bits per heavy atom. The van der Waals surface area contributed by atoms with Gasteiger partial charge in [-0.05, 0) is 113 Å². The van der Waals surface area contributed by atoms with Gasteiger partial charge in [-0.2, -0.15) is 13.2 Å². The minimum absolute atomic E-state index is 0. The molecule has 2 aromatic carbocycles. The first kappa shape index (κ1) is 65.5. The van der Waals surface area contributed by atoms with Crippen LogP contribution in [-0.2, 0) is 47.8 Å². The number of Topliss-reactive ketones (excluding diaryl/α,β-unsaturated/α-hetero) is 1. The third-order valence-electron chi connectivity index (χ3n) is 15.8. The Balaban J connectivity index is 0.0000152. The van der Waals surface area contributed by atoms with Crippen molar-refractivity contribution in [3.63, 3.8) is 0 Å². The molecule has 0 aliphatic carbocycles. The number of carbonyl (C=O) groups excluding carboxylic acids is 6. The van der Waals surface area contributed by atoms with E-state index in [0.717, 1.165) is 69.1 Å². The molecule has 6 atom stereocenters. The van der Waals surface area contributed by atoms with Crippen LogP contribution in [0.5, 0.6) is 0 Å². The van der Waals surface area contributed by atoms with Gasteiger partial charge in [0.25, 0.3) is 0 Å². The van der Waals surface area contributed by atoms with Crippen LogP contribution in [0.25, 0.3) is 0 Å². The molecule has 2 fully saturated rings. The van der Waals surface area contributed by atoms with Gasteiger partial charge in [-0.25, -0.2) is 0 Å². The number of carbonyl (C=O) groups is 6. The van der Waals surface area contributed by atoms with Gasteiger partial charge in [-0.1, -0.05) is 130 Å². The first-order valence-corrected chi connectivity index (χ1v) is 28.1. The first-order valence-electron chi connectivity index (χ1n) is 28.1. The van der Waals surface area contributed by atoms with Gasteiger partial charge in [-0.3, -0.25) is 28.8 Å². The second-order valence-corrected chi connectivity index (χ2v) is 23.9. The summed E-state index contributed by atoms with van der Waals surface area (Å²) in [5.41, 5.74) is 1.29. The Kier molecular flexibility index (Phi) is 26.2. The zero-order chi connectivity index (χ0) is 55.7. The van der Waals surface area contributed by atoms with Crippen LogP contribution in [0.15, 0.2) is 48.5 Å².